The molecule has 1 aromatic rings. The fourth-order valence-corrected chi connectivity index (χ4v) is 2.07. The molecule has 0 radical (unpaired) electrons. The fourth-order valence-electron chi connectivity index (χ4n) is 2.07. The Morgan fingerprint density at radius 3 is 2.25 bits per heavy atom. The molecule has 0 aromatic heterocycles. The standard InChI is InChI=1S/C14H23NO/c1-11(2)10-13(8-9-15)12-4-6-14(16-3)7-5-12/h4-7,11,13H,8-10,15H2,1-3H3. The Morgan fingerprint density at radius 2 is 1.81 bits per heavy atom. The van der Waals surface area contributed by atoms with Crippen molar-refractivity contribution >= 4 is 0 Å². The van der Waals surface area contributed by atoms with E-state index in [0.717, 1.165) is 18.7 Å². The average molecular weight is 221 g/mol. The molecule has 0 spiro atoms. The maximum atomic E-state index is 5.67. The van der Waals surface area contributed by atoms with E-state index in [1.165, 1.54) is 12.0 Å². The van der Waals surface area contributed by atoms with Gasteiger partial charge in [-0.1, -0.05) is 26.0 Å². The number of rotatable bonds is 6. The molecule has 1 rings (SSSR count). The van der Waals surface area contributed by atoms with E-state index in [4.69, 9.17) is 10.5 Å². The van der Waals surface area contributed by atoms with E-state index in [1.807, 2.05) is 12.1 Å². The molecule has 0 heterocycles. The first-order valence-corrected chi connectivity index (χ1v) is 6.01. The summed E-state index contributed by atoms with van der Waals surface area (Å²) in [6.07, 6.45) is 2.26. The van der Waals surface area contributed by atoms with Crippen LogP contribution in [-0.4, -0.2) is 13.7 Å². The summed E-state index contributed by atoms with van der Waals surface area (Å²) in [6, 6.07) is 8.36. The first-order valence-electron chi connectivity index (χ1n) is 6.01. The number of hydrogen-bond acceptors (Lipinski definition) is 2. The smallest absolute Gasteiger partial charge is 0.118 e. The molecular weight excluding hydrogens is 198 g/mol. The van der Waals surface area contributed by atoms with Crippen molar-refractivity contribution in [2.24, 2.45) is 11.7 Å². The normalized spacial score (nSPS) is 12.8. The Kier molecular flexibility index (Phi) is 5.33. The molecule has 1 unspecified atom stereocenters. The largest absolute Gasteiger partial charge is 0.497 e. The van der Waals surface area contributed by atoms with Crippen LogP contribution in [0.25, 0.3) is 0 Å². The minimum Gasteiger partial charge on any atom is -0.497 e. The van der Waals surface area contributed by atoms with E-state index < -0.39 is 0 Å². The summed E-state index contributed by atoms with van der Waals surface area (Å²) in [5, 5.41) is 0. The van der Waals surface area contributed by atoms with E-state index >= 15 is 0 Å². The molecule has 0 aliphatic carbocycles. The number of nitrogens with two attached hydrogens (primary N) is 1. The number of ether oxygens (including phenoxy) is 1. The Morgan fingerprint density at radius 1 is 1.19 bits per heavy atom. The van der Waals surface area contributed by atoms with Crippen LogP contribution >= 0.6 is 0 Å². The number of methoxy groups -OCH3 is 1. The maximum Gasteiger partial charge on any atom is 0.118 e. The van der Waals surface area contributed by atoms with Crippen LogP contribution in [0.3, 0.4) is 0 Å². The third kappa shape index (κ3) is 3.86. The molecule has 2 nitrogen and oxygen atoms in total. The highest BCUT2D eigenvalue weighted by molar-refractivity contribution is 5.29. The maximum absolute atomic E-state index is 5.67. The Bertz CT molecular complexity index is 292. The third-order valence-corrected chi connectivity index (χ3v) is 2.86. The van der Waals surface area contributed by atoms with Crippen molar-refractivity contribution in [1.82, 2.24) is 0 Å². The van der Waals surface area contributed by atoms with Crippen molar-refractivity contribution in [2.45, 2.75) is 32.6 Å². The lowest BCUT2D eigenvalue weighted by atomic mass is 9.88. The summed E-state index contributed by atoms with van der Waals surface area (Å²) < 4.78 is 5.17. The van der Waals surface area contributed by atoms with Gasteiger partial charge in [-0.2, -0.15) is 0 Å². The van der Waals surface area contributed by atoms with Gasteiger partial charge in [0, 0.05) is 0 Å². The average Bonchev–Trinajstić information content (AvgIpc) is 2.28. The van der Waals surface area contributed by atoms with E-state index in [9.17, 15) is 0 Å². The molecule has 2 N–H and O–H groups in total. The second kappa shape index (κ2) is 6.54. The van der Waals surface area contributed by atoms with Gasteiger partial charge in [0.05, 0.1) is 7.11 Å². The summed E-state index contributed by atoms with van der Waals surface area (Å²) in [5.74, 6) is 2.20. The molecule has 0 aliphatic rings. The first-order chi connectivity index (χ1) is 7.67. The van der Waals surface area contributed by atoms with Crippen LogP contribution in [0.1, 0.15) is 38.2 Å². The lowest BCUT2D eigenvalue weighted by Crippen LogP contribution is -2.09. The van der Waals surface area contributed by atoms with E-state index in [1.54, 1.807) is 7.11 Å². The molecule has 0 bridgehead atoms. The van der Waals surface area contributed by atoms with E-state index in [2.05, 4.69) is 26.0 Å². The Hall–Kier alpha value is -1.02. The summed E-state index contributed by atoms with van der Waals surface area (Å²) >= 11 is 0. The van der Waals surface area contributed by atoms with Gasteiger partial charge in [-0.25, -0.2) is 0 Å². The first kappa shape index (κ1) is 13.0. The van der Waals surface area contributed by atoms with Crippen LogP contribution in [0.15, 0.2) is 24.3 Å². The molecular formula is C14H23NO. The summed E-state index contributed by atoms with van der Waals surface area (Å²) in [5.41, 5.74) is 7.05. The van der Waals surface area contributed by atoms with Crippen LogP contribution < -0.4 is 10.5 Å². The van der Waals surface area contributed by atoms with Gasteiger partial charge in [-0.05, 0) is 48.9 Å². The number of hydrogen-bond donors (Lipinski definition) is 1. The van der Waals surface area contributed by atoms with Gasteiger partial charge in [0.25, 0.3) is 0 Å². The topological polar surface area (TPSA) is 35.2 Å². The molecule has 1 atom stereocenters. The highest BCUT2D eigenvalue weighted by atomic mass is 16.5. The third-order valence-electron chi connectivity index (χ3n) is 2.86. The Labute approximate surface area is 98.8 Å². The highest BCUT2D eigenvalue weighted by Crippen LogP contribution is 2.27. The van der Waals surface area contributed by atoms with Gasteiger partial charge in [-0.3, -0.25) is 0 Å². The van der Waals surface area contributed by atoms with Crippen molar-refractivity contribution in [3.8, 4) is 5.75 Å². The summed E-state index contributed by atoms with van der Waals surface area (Å²) in [6.45, 7) is 5.27. The molecule has 0 amide bonds. The molecule has 0 aliphatic heterocycles. The molecule has 0 fully saturated rings. The lowest BCUT2D eigenvalue weighted by molar-refractivity contribution is 0.414. The summed E-state index contributed by atoms with van der Waals surface area (Å²) in [7, 11) is 1.69. The minimum absolute atomic E-state index is 0.580. The van der Waals surface area contributed by atoms with Gasteiger partial charge in [0.2, 0.25) is 0 Å². The van der Waals surface area contributed by atoms with Crippen LogP contribution in [0.4, 0.5) is 0 Å². The van der Waals surface area contributed by atoms with Crippen molar-refractivity contribution in [1.29, 1.82) is 0 Å². The zero-order valence-electron chi connectivity index (χ0n) is 10.6. The van der Waals surface area contributed by atoms with Crippen LogP contribution in [0.5, 0.6) is 5.75 Å². The second-order valence-electron chi connectivity index (χ2n) is 4.68. The predicted molar refractivity (Wildman–Crippen MR) is 68.9 cm³/mol. The SMILES string of the molecule is COc1ccc(C(CCN)CC(C)C)cc1. The zero-order valence-corrected chi connectivity index (χ0v) is 10.6. The van der Waals surface area contributed by atoms with Crippen molar-refractivity contribution in [3.63, 3.8) is 0 Å². The molecule has 0 saturated carbocycles. The number of benzene rings is 1. The molecule has 0 saturated heterocycles. The summed E-state index contributed by atoms with van der Waals surface area (Å²) in [4.78, 5) is 0. The molecule has 2 heteroatoms. The van der Waals surface area contributed by atoms with Gasteiger partial charge >= 0.3 is 0 Å². The van der Waals surface area contributed by atoms with E-state index in [-0.39, 0.29) is 0 Å². The van der Waals surface area contributed by atoms with Gasteiger partial charge in [0.1, 0.15) is 5.75 Å². The Balaban J connectivity index is 2.75. The highest BCUT2D eigenvalue weighted by Gasteiger charge is 2.12. The predicted octanol–water partition coefficient (Wildman–Crippen LogP) is 3.17. The zero-order chi connectivity index (χ0) is 12.0. The fraction of sp³-hybridized carbons (Fsp3) is 0.571. The molecule has 1 aromatic carbocycles. The molecule has 90 valence electrons. The molecule has 16 heavy (non-hydrogen) atoms. The van der Waals surface area contributed by atoms with Crippen molar-refractivity contribution in [2.75, 3.05) is 13.7 Å². The van der Waals surface area contributed by atoms with Crippen LogP contribution in [-0.2, 0) is 0 Å². The minimum atomic E-state index is 0.580. The van der Waals surface area contributed by atoms with Crippen molar-refractivity contribution in [3.05, 3.63) is 29.8 Å². The van der Waals surface area contributed by atoms with Crippen molar-refractivity contribution < 1.29 is 4.74 Å². The monoisotopic (exact) mass is 221 g/mol. The van der Waals surface area contributed by atoms with Gasteiger partial charge < -0.3 is 10.5 Å². The quantitative estimate of drug-likeness (QED) is 0.800. The van der Waals surface area contributed by atoms with Crippen LogP contribution in [0, 0.1) is 5.92 Å². The second-order valence-corrected chi connectivity index (χ2v) is 4.68. The van der Waals surface area contributed by atoms with E-state index in [0.29, 0.717) is 11.8 Å². The van der Waals surface area contributed by atoms with Gasteiger partial charge in [0.15, 0.2) is 0 Å². The lowest BCUT2D eigenvalue weighted by Gasteiger charge is -2.19. The van der Waals surface area contributed by atoms with Gasteiger partial charge in [-0.15, -0.1) is 0 Å². The van der Waals surface area contributed by atoms with Crippen LogP contribution in [0.2, 0.25) is 0 Å².